The Hall–Kier alpha value is -2.41. The Morgan fingerprint density at radius 2 is 1.84 bits per heavy atom. The molecule has 0 aliphatic carbocycles. The van der Waals surface area contributed by atoms with Crippen molar-refractivity contribution in [2.24, 2.45) is 5.92 Å². The molecule has 0 radical (unpaired) electrons. The van der Waals surface area contributed by atoms with Crippen molar-refractivity contribution in [2.75, 3.05) is 63.2 Å². The number of quaternary nitrogens is 1. The summed E-state index contributed by atoms with van der Waals surface area (Å²) in [5.74, 6) is 2.72. The quantitative estimate of drug-likeness (QED) is 0.717. The fourth-order valence-corrected chi connectivity index (χ4v) is 4.99. The average molecular weight is 421 g/mol. The number of allylic oxidation sites excluding steroid dienone is 1. The van der Waals surface area contributed by atoms with Crippen molar-refractivity contribution in [3.63, 3.8) is 0 Å². The van der Waals surface area contributed by atoms with Gasteiger partial charge in [-0.25, -0.2) is 0 Å². The Labute approximate surface area is 185 Å². The lowest BCUT2D eigenvalue weighted by Gasteiger charge is -2.29. The Morgan fingerprint density at radius 3 is 2.55 bits per heavy atom. The molecule has 2 fully saturated rings. The summed E-state index contributed by atoms with van der Waals surface area (Å²) in [5.41, 5.74) is 5.15. The number of hydrogen-bond acceptors (Lipinski definition) is 5. The molecule has 6 nitrogen and oxygen atoms in total. The first-order valence-electron chi connectivity index (χ1n) is 11.7. The van der Waals surface area contributed by atoms with Gasteiger partial charge in [0.05, 0.1) is 32.4 Å². The molecular weight excluding hydrogens is 386 g/mol. The topological polar surface area (TPSA) is 49.4 Å². The van der Waals surface area contributed by atoms with Crippen LogP contribution in [0.25, 0.3) is 5.57 Å². The number of piperidine rings is 1. The van der Waals surface area contributed by atoms with E-state index in [9.17, 15) is 0 Å². The number of benzene rings is 1. The minimum absolute atomic E-state index is 0.639. The van der Waals surface area contributed by atoms with Crippen LogP contribution in [0.3, 0.4) is 0 Å². The van der Waals surface area contributed by atoms with Crippen molar-refractivity contribution < 1.29 is 4.74 Å². The van der Waals surface area contributed by atoms with E-state index in [4.69, 9.17) is 9.72 Å². The number of aromatic nitrogens is 1. The molecule has 2 N–H and O–H groups in total. The highest BCUT2D eigenvalue weighted by atomic mass is 16.5. The van der Waals surface area contributed by atoms with Crippen molar-refractivity contribution in [3.8, 4) is 0 Å². The van der Waals surface area contributed by atoms with Crippen LogP contribution in [-0.2, 0) is 4.74 Å². The van der Waals surface area contributed by atoms with Gasteiger partial charge in [0.1, 0.15) is 12.0 Å². The smallest absolute Gasteiger partial charge is 0.241 e. The van der Waals surface area contributed by atoms with Gasteiger partial charge in [-0.3, -0.25) is 4.48 Å². The molecule has 1 unspecified atom stereocenters. The molecule has 2 aromatic rings. The summed E-state index contributed by atoms with van der Waals surface area (Å²) in [7, 11) is 2.28. The van der Waals surface area contributed by atoms with E-state index in [-0.39, 0.29) is 0 Å². The minimum atomic E-state index is 0.639. The molecular formula is C25H34N5O+. The molecule has 5 rings (SSSR count). The predicted octanol–water partition coefficient (Wildman–Crippen LogP) is 3.97. The van der Waals surface area contributed by atoms with E-state index in [1.807, 2.05) is 0 Å². The summed E-state index contributed by atoms with van der Waals surface area (Å²) in [4.78, 5) is 7.47. The van der Waals surface area contributed by atoms with E-state index >= 15 is 0 Å². The normalized spacial score (nSPS) is 24.1. The van der Waals surface area contributed by atoms with Crippen LogP contribution in [0.5, 0.6) is 0 Å². The molecule has 3 aliphatic rings. The standard InChI is InChI=1S/C25H34N5O/c1-3-30(2)18-23(19-10-12-26-13-11-19)22-8-9-24(28-25(22)30)27-20-4-6-21(7-5-20)29-14-16-31-17-15-29/h4-9,18-19,26H,3,10-17H2,1-2H3,(H,27,28)/q+1. The highest BCUT2D eigenvalue weighted by Crippen LogP contribution is 2.44. The molecule has 31 heavy (non-hydrogen) atoms. The van der Waals surface area contributed by atoms with Crippen molar-refractivity contribution in [1.29, 1.82) is 0 Å². The summed E-state index contributed by atoms with van der Waals surface area (Å²) >= 11 is 0. The van der Waals surface area contributed by atoms with Crippen molar-refractivity contribution in [2.45, 2.75) is 19.8 Å². The van der Waals surface area contributed by atoms with Crippen molar-refractivity contribution >= 4 is 28.6 Å². The Bertz CT molecular complexity index is 945. The minimum Gasteiger partial charge on any atom is -0.378 e. The Balaban J connectivity index is 1.36. The lowest BCUT2D eigenvalue weighted by atomic mass is 9.87. The second kappa shape index (κ2) is 8.61. The molecule has 6 heteroatoms. The van der Waals surface area contributed by atoms with E-state index < -0.39 is 0 Å². The van der Waals surface area contributed by atoms with Gasteiger partial charge in [-0.05, 0) is 75.2 Å². The van der Waals surface area contributed by atoms with Gasteiger partial charge in [0.15, 0.2) is 0 Å². The molecule has 0 saturated carbocycles. The van der Waals surface area contributed by atoms with Gasteiger partial charge in [0.25, 0.3) is 0 Å². The van der Waals surface area contributed by atoms with Gasteiger partial charge in [0.2, 0.25) is 5.82 Å². The van der Waals surface area contributed by atoms with Gasteiger partial charge < -0.3 is 20.3 Å². The Kier molecular flexibility index (Phi) is 5.69. The fraction of sp³-hybridized carbons (Fsp3) is 0.480. The lowest BCUT2D eigenvalue weighted by molar-refractivity contribution is 0.122. The third-order valence-corrected chi connectivity index (χ3v) is 7.05. The van der Waals surface area contributed by atoms with Gasteiger partial charge in [-0.1, -0.05) is 0 Å². The maximum Gasteiger partial charge on any atom is 0.241 e. The molecule has 0 bridgehead atoms. The summed E-state index contributed by atoms with van der Waals surface area (Å²) in [6.45, 7) is 9.01. The van der Waals surface area contributed by atoms with E-state index in [1.54, 1.807) is 0 Å². The zero-order valence-corrected chi connectivity index (χ0v) is 18.7. The summed E-state index contributed by atoms with van der Waals surface area (Å²) in [6, 6.07) is 13.1. The van der Waals surface area contributed by atoms with Crippen LogP contribution in [0.4, 0.5) is 23.0 Å². The lowest BCUT2D eigenvalue weighted by Crippen LogP contribution is -2.38. The number of pyridine rings is 1. The first-order chi connectivity index (χ1) is 15.2. The molecule has 3 aliphatic heterocycles. The fourth-order valence-electron chi connectivity index (χ4n) is 4.99. The van der Waals surface area contributed by atoms with E-state index in [2.05, 4.69) is 72.1 Å². The van der Waals surface area contributed by atoms with E-state index in [0.717, 1.165) is 61.9 Å². The largest absolute Gasteiger partial charge is 0.378 e. The van der Waals surface area contributed by atoms with Gasteiger partial charge in [-0.2, -0.15) is 4.98 Å². The van der Waals surface area contributed by atoms with E-state index in [0.29, 0.717) is 5.92 Å². The SMILES string of the molecule is CC[N+]1(C)C=C(C2CCNCC2)c2ccc(Nc3ccc(N4CCOCC4)cc3)nc21. The number of rotatable bonds is 5. The zero-order chi connectivity index (χ0) is 21.3. The third kappa shape index (κ3) is 4.07. The monoisotopic (exact) mass is 420 g/mol. The highest BCUT2D eigenvalue weighted by molar-refractivity contribution is 5.82. The van der Waals surface area contributed by atoms with Crippen LogP contribution in [0.15, 0.2) is 42.6 Å². The number of nitrogens with one attached hydrogen (secondary N) is 2. The van der Waals surface area contributed by atoms with Gasteiger partial charge in [-0.15, -0.1) is 0 Å². The number of ether oxygens (including phenoxy) is 1. The number of fused-ring (bicyclic) bond motifs is 1. The van der Waals surface area contributed by atoms with Crippen molar-refractivity contribution in [1.82, 2.24) is 14.8 Å². The molecule has 0 spiro atoms. The van der Waals surface area contributed by atoms with E-state index in [1.165, 1.54) is 35.5 Å². The third-order valence-electron chi connectivity index (χ3n) is 7.05. The van der Waals surface area contributed by atoms with Gasteiger partial charge in [0, 0.05) is 30.0 Å². The maximum absolute atomic E-state index is 5.46. The van der Waals surface area contributed by atoms with Crippen LogP contribution < -0.4 is 20.0 Å². The summed E-state index contributed by atoms with van der Waals surface area (Å²) < 4.78 is 6.24. The van der Waals surface area contributed by atoms with Crippen LogP contribution in [0, 0.1) is 5.92 Å². The second-order valence-electron chi connectivity index (χ2n) is 9.03. The van der Waals surface area contributed by atoms with Crippen LogP contribution in [-0.4, -0.2) is 58.0 Å². The average Bonchev–Trinajstić information content (AvgIpc) is 3.13. The number of hydrogen-bond donors (Lipinski definition) is 2. The maximum atomic E-state index is 5.46. The molecule has 0 amide bonds. The zero-order valence-electron chi connectivity index (χ0n) is 18.7. The summed E-state index contributed by atoms with van der Waals surface area (Å²) in [6.07, 6.45) is 4.88. The Morgan fingerprint density at radius 1 is 1.10 bits per heavy atom. The molecule has 1 atom stereocenters. The van der Waals surface area contributed by atoms with Crippen LogP contribution >= 0.6 is 0 Å². The molecule has 164 valence electrons. The predicted molar refractivity (Wildman–Crippen MR) is 129 cm³/mol. The molecule has 1 aromatic heterocycles. The molecule has 1 aromatic carbocycles. The van der Waals surface area contributed by atoms with Crippen molar-refractivity contribution in [3.05, 3.63) is 48.2 Å². The number of morpholine rings is 1. The first kappa shape index (κ1) is 20.5. The molecule has 4 heterocycles. The van der Waals surface area contributed by atoms with Gasteiger partial charge >= 0.3 is 0 Å². The highest BCUT2D eigenvalue weighted by Gasteiger charge is 2.38. The first-order valence-corrected chi connectivity index (χ1v) is 11.7. The van der Waals surface area contributed by atoms with Crippen LogP contribution in [0.1, 0.15) is 25.3 Å². The number of anilines is 3. The summed E-state index contributed by atoms with van der Waals surface area (Å²) in [5, 5.41) is 7.01. The second-order valence-corrected chi connectivity index (χ2v) is 9.03. The van der Waals surface area contributed by atoms with Crippen LogP contribution in [0.2, 0.25) is 0 Å². The molecule has 2 saturated heterocycles. The number of nitrogens with zero attached hydrogens (tertiary/aromatic N) is 3.